The van der Waals surface area contributed by atoms with E-state index in [0.29, 0.717) is 25.3 Å². The van der Waals surface area contributed by atoms with E-state index in [-0.39, 0.29) is 28.2 Å². The number of methoxy groups -OCH3 is 2. The van der Waals surface area contributed by atoms with Gasteiger partial charge in [-0.2, -0.15) is 20.4 Å². The zero-order valence-electron chi connectivity index (χ0n) is 27.9. The van der Waals surface area contributed by atoms with Crippen molar-refractivity contribution in [3.63, 3.8) is 0 Å². The Kier molecular flexibility index (Phi) is 16.0. The second-order valence-electron chi connectivity index (χ2n) is 10.8. The number of carbonyl (C=O) groups is 2. The number of ether oxygens (including phenoxy) is 2. The van der Waals surface area contributed by atoms with Crippen LogP contribution in [0.2, 0.25) is 4.34 Å². The Labute approximate surface area is 346 Å². The van der Waals surface area contributed by atoms with Gasteiger partial charge in [0.1, 0.15) is 14.1 Å². The quantitative estimate of drug-likeness (QED) is 0.116. The van der Waals surface area contributed by atoms with Gasteiger partial charge in [0.25, 0.3) is 0 Å². The summed E-state index contributed by atoms with van der Waals surface area (Å²) in [6.45, 7) is 0. The molecule has 8 rings (SSSR count). The third-order valence-electron chi connectivity index (χ3n) is 7.45. The van der Waals surface area contributed by atoms with Crippen molar-refractivity contribution in [3.8, 4) is 44.5 Å². The summed E-state index contributed by atoms with van der Waals surface area (Å²) in [7, 11) is 13.8. The van der Waals surface area contributed by atoms with Crippen LogP contribution in [0.25, 0.3) is 55.8 Å². The molecule has 0 saturated heterocycles. The Bertz CT molecular complexity index is 2610. The molecule has 8 aromatic heterocycles. The molecule has 15 nitrogen and oxygen atoms in total. The molecule has 0 amide bonds. The Balaban J connectivity index is 0.000000262. The van der Waals surface area contributed by atoms with Crippen LogP contribution in [-0.4, -0.2) is 79.1 Å². The van der Waals surface area contributed by atoms with Crippen molar-refractivity contribution in [3.05, 3.63) is 93.6 Å². The molecule has 56 heavy (non-hydrogen) atoms. The minimum absolute atomic E-state index is 0. The van der Waals surface area contributed by atoms with Crippen molar-refractivity contribution in [2.75, 3.05) is 14.2 Å². The topological polar surface area (TPSA) is 166 Å². The highest BCUT2D eigenvalue weighted by Gasteiger charge is 2.19. The number of fused-ring (bicyclic) bond motifs is 2. The summed E-state index contributed by atoms with van der Waals surface area (Å²) in [4.78, 5) is 33.3. The summed E-state index contributed by atoms with van der Waals surface area (Å²) in [5, 5.41) is 19.0. The standard InChI is InChI=1S/C16H12ClN5O2S.C16H13N5O2S.3CH4.Cl2OS/c1-21-7-10(5-19-21)9-4-18-15-12(6-20-22(15)8-9)11-3-13(16(23)24-2)25-14(11)17;1-20-7-12(5-18-20)11-4-17-15-13(6-19-21(15)8-11)10-3-14(24-9-10)16(22)23-2;;;;1-4(2)3/h3-8H,1-2H3;3-9H,1-2H3;3*1H4;. The van der Waals surface area contributed by atoms with Gasteiger partial charge in [-0.05, 0) is 23.1 Å². The van der Waals surface area contributed by atoms with Crippen molar-refractivity contribution in [2.45, 2.75) is 22.3 Å². The molecule has 296 valence electrons. The number of nitrogens with zero attached hydrogens (tertiary/aromatic N) is 10. The molecule has 8 heterocycles. The number of halogens is 3. The van der Waals surface area contributed by atoms with E-state index in [1.54, 1.807) is 67.7 Å². The number of carbonyl (C=O) groups excluding carboxylic acids is 2. The lowest BCUT2D eigenvalue weighted by molar-refractivity contribution is 0.0597. The zero-order valence-corrected chi connectivity index (χ0v) is 32.6. The SMILES string of the molecule is C.C.C.COC(=O)c1cc(-c2cnn3cc(-c4cnn(C)c4)cnc23)c(Cl)s1.COC(=O)c1cc(-c2cnn3cc(-c4cnn(C)c4)cnc23)cs1.O=S(Cl)Cl. The Morgan fingerprint density at radius 3 is 1.59 bits per heavy atom. The molecule has 0 aromatic carbocycles. The number of hydrogen-bond acceptors (Lipinski definition) is 13. The fraction of sp³-hybridized carbons (Fsp3) is 0.200. The predicted molar refractivity (Wildman–Crippen MR) is 225 cm³/mol. The highest BCUT2D eigenvalue weighted by molar-refractivity contribution is 8.26. The van der Waals surface area contributed by atoms with E-state index in [9.17, 15) is 9.59 Å². The summed E-state index contributed by atoms with van der Waals surface area (Å²) in [5.41, 5.74) is 8.41. The highest BCUT2D eigenvalue weighted by Crippen LogP contribution is 2.38. The van der Waals surface area contributed by atoms with E-state index in [1.807, 2.05) is 44.3 Å². The van der Waals surface area contributed by atoms with E-state index in [1.165, 1.54) is 36.9 Å². The second kappa shape index (κ2) is 19.7. The van der Waals surface area contributed by atoms with Crippen LogP contribution in [0.3, 0.4) is 0 Å². The third kappa shape index (κ3) is 10.1. The van der Waals surface area contributed by atoms with Crippen molar-refractivity contribution in [1.82, 2.24) is 48.8 Å². The van der Waals surface area contributed by atoms with Gasteiger partial charge in [0.05, 0.1) is 39.0 Å². The van der Waals surface area contributed by atoms with Crippen LogP contribution in [0, 0.1) is 0 Å². The lowest BCUT2D eigenvalue weighted by Gasteiger charge is -2.00. The Morgan fingerprint density at radius 2 is 1.11 bits per heavy atom. The summed E-state index contributed by atoms with van der Waals surface area (Å²) in [6, 6.07) is 3.50. The molecular weight excluding hydrogens is 843 g/mol. The molecule has 0 aliphatic rings. The van der Waals surface area contributed by atoms with Gasteiger partial charge in [-0.15, -0.1) is 22.7 Å². The van der Waals surface area contributed by atoms with Crippen LogP contribution in [0.4, 0.5) is 0 Å². The van der Waals surface area contributed by atoms with E-state index in [4.69, 9.17) is 25.3 Å². The normalized spacial score (nSPS) is 10.4. The molecule has 0 radical (unpaired) electrons. The summed E-state index contributed by atoms with van der Waals surface area (Å²) in [6.07, 6.45) is 18.2. The first-order valence-electron chi connectivity index (χ1n) is 14.9. The molecule has 21 heteroatoms. The van der Waals surface area contributed by atoms with Gasteiger partial charge in [0.15, 0.2) is 11.3 Å². The van der Waals surface area contributed by atoms with Gasteiger partial charge in [-0.25, -0.2) is 32.8 Å². The Hall–Kier alpha value is -4.98. The number of esters is 2. The number of thiophene rings is 2. The molecule has 0 spiro atoms. The van der Waals surface area contributed by atoms with E-state index >= 15 is 0 Å². The average Bonchev–Trinajstić information content (AvgIpc) is 4.00. The zero-order chi connectivity index (χ0) is 37.8. The molecule has 0 saturated carbocycles. The number of aromatic nitrogens is 10. The number of aryl methyl sites for hydroxylation is 2. The van der Waals surface area contributed by atoms with Gasteiger partial charge in [-0.1, -0.05) is 33.9 Å². The molecule has 0 N–H and O–H groups in total. The minimum Gasteiger partial charge on any atom is -0.465 e. The van der Waals surface area contributed by atoms with Crippen molar-refractivity contribution < 1.29 is 23.3 Å². The first-order chi connectivity index (χ1) is 25.4. The molecule has 8 aromatic rings. The molecule has 0 unspecified atom stereocenters. The van der Waals surface area contributed by atoms with E-state index < -0.39 is 15.2 Å². The van der Waals surface area contributed by atoms with Gasteiger partial charge < -0.3 is 9.47 Å². The number of rotatable bonds is 6. The van der Waals surface area contributed by atoms with Crippen molar-refractivity contribution >= 4 is 88.1 Å². The highest BCUT2D eigenvalue weighted by atomic mass is 36.0. The lowest BCUT2D eigenvalue weighted by atomic mass is 10.1. The average molecular weight is 880 g/mol. The van der Waals surface area contributed by atoms with Crippen molar-refractivity contribution in [2.24, 2.45) is 14.1 Å². The third-order valence-corrected chi connectivity index (χ3v) is 9.70. The van der Waals surface area contributed by atoms with Crippen molar-refractivity contribution in [1.29, 1.82) is 0 Å². The van der Waals surface area contributed by atoms with Crippen LogP contribution in [0.5, 0.6) is 0 Å². The van der Waals surface area contributed by atoms with Gasteiger partial charge in [0, 0.05) is 112 Å². The first kappa shape index (κ1) is 45.4. The fourth-order valence-electron chi connectivity index (χ4n) is 5.02. The van der Waals surface area contributed by atoms with Crippen LogP contribution >= 0.6 is 55.6 Å². The first-order valence-corrected chi connectivity index (χ1v) is 19.8. The summed E-state index contributed by atoms with van der Waals surface area (Å²) >= 11 is 8.82. The molecule has 0 bridgehead atoms. The fourth-order valence-corrected chi connectivity index (χ4v) is 7.07. The second-order valence-corrected chi connectivity index (χ2v) is 15.9. The van der Waals surface area contributed by atoms with E-state index in [2.05, 4.69) is 51.7 Å². The van der Waals surface area contributed by atoms with Crippen LogP contribution in [0.15, 0.2) is 79.5 Å². The monoisotopic (exact) mass is 878 g/mol. The van der Waals surface area contributed by atoms with Gasteiger partial charge in [0.2, 0.25) is 9.23 Å². The van der Waals surface area contributed by atoms with Gasteiger partial charge in [-0.3, -0.25) is 9.36 Å². The minimum atomic E-state index is -1.67. The maximum atomic E-state index is 11.7. The lowest BCUT2D eigenvalue weighted by Crippen LogP contribution is -1.96. The Morgan fingerprint density at radius 1 is 0.643 bits per heavy atom. The van der Waals surface area contributed by atoms with Gasteiger partial charge >= 0.3 is 11.9 Å². The smallest absolute Gasteiger partial charge is 0.348 e. The largest absolute Gasteiger partial charge is 0.465 e. The number of hydrogen-bond donors (Lipinski definition) is 0. The molecule has 0 fully saturated rings. The predicted octanol–water partition coefficient (Wildman–Crippen LogP) is 8.89. The maximum absolute atomic E-state index is 11.7. The van der Waals surface area contributed by atoms with E-state index in [0.717, 1.165) is 44.6 Å². The molecule has 0 aliphatic heterocycles. The molecule has 0 atom stereocenters. The van der Waals surface area contributed by atoms with Crippen LogP contribution in [-0.2, 0) is 32.8 Å². The van der Waals surface area contributed by atoms with Crippen LogP contribution < -0.4 is 0 Å². The van der Waals surface area contributed by atoms with Crippen LogP contribution in [0.1, 0.15) is 41.6 Å². The molecular formula is C35H37Cl3N10O5S3. The molecule has 0 aliphatic carbocycles. The summed E-state index contributed by atoms with van der Waals surface area (Å²) in [5.74, 6) is -0.754. The summed E-state index contributed by atoms with van der Waals surface area (Å²) < 4.78 is 26.0. The maximum Gasteiger partial charge on any atom is 0.348 e.